The number of anilines is 1. The van der Waals surface area contributed by atoms with Crippen LogP contribution in [0.15, 0.2) is 36.4 Å². The van der Waals surface area contributed by atoms with E-state index >= 15 is 0 Å². The van der Waals surface area contributed by atoms with E-state index < -0.39 is 22.7 Å². The van der Waals surface area contributed by atoms with E-state index in [1.54, 1.807) is 13.0 Å². The monoisotopic (exact) mass is 377 g/mol. The highest BCUT2D eigenvalue weighted by Crippen LogP contribution is 2.31. The maximum absolute atomic E-state index is 13.3. The van der Waals surface area contributed by atoms with E-state index in [-0.39, 0.29) is 22.3 Å². The number of amides is 1. The average Bonchev–Trinajstić information content (AvgIpc) is 3.41. The molecule has 0 saturated heterocycles. The maximum atomic E-state index is 13.3. The van der Waals surface area contributed by atoms with Crippen LogP contribution in [-0.4, -0.2) is 16.9 Å². The van der Waals surface area contributed by atoms with E-state index in [9.17, 15) is 19.3 Å². The predicted molar refractivity (Wildman–Crippen MR) is 97.0 cm³/mol. The van der Waals surface area contributed by atoms with Gasteiger partial charge in [0.25, 0.3) is 11.6 Å². The number of nitro benzene ring substituents is 1. The molecule has 2 aromatic rings. The minimum atomic E-state index is -0.539. The molecule has 0 spiro atoms. The number of nitrogens with zero attached hydrogens (tertiary/aromatic N) is 1. The van der Waals surface area contributed by atoms with Gasteiger partial charge < -0.3 is 10.6 Å². The van der Waals surface area contributed by atoms with Crippen LogP contribution in [0.25, 0.3) is 0 Å². The first-order chi connectivity index (χ1) is 12.3. The number of halogens is 2. The van der Waals surface area contributed by atoms with Gasteiger partial charge in [-0.05, 0) is 49.6 Å². The van der Waals surface area contributed by atoms with Gasteiger partial charge >= 0.3 is 0 Å². The number of nitrogens with one attached hydrogen (secondary N) is 2. The fourth-order valence-electron chi connectivity index (χ4n) is 2.54. The van der Waals surface area contributed by atoms with E-state index in [2.05, 4.69) is 10.6 Å². The van der Waals surface area contributed by atoms with Crippen molar-refractivity contribution in [3.63, 3.8) is 0 Å². The van der Waals surface area contributed by atoms with Gasteiger partial charge in [0.1, 0.15) is 11.5 Å². The minimum absolute atomic E-state index is 0.0326. The van der Waals surface area contributed by atoms with Crippen LogP contribution in [-0.2, 0) is 0 Å². The second kappa shape index (κ2) is 7.29. The van der Waals surface area contributed by atoms with Crippen LogP contribution in [0.5, 0.6) is 0 Å². The van der Waals surface area contributed by atoms with Gasteiger partial charge in [0.2, 0.25) is 0 Å². The van der Waals surface area contributed by atoms with Crippen molar-refractivity contribution in [3.8, 4) is 0 Å². The summed E-state index contributed by atoms with van der Waals surface area (Å²) in [5, 5.41) is 17.1. The molecule has 136 valence electrons. The van der Waals surface area contributed by atoms with Crippen LogP contribution in [0, 0.1) is 15.9 Å². The highest BCUT2D eigenvalue weighted by Gasteiger charge is 2.25. The zero-order valence-electron chi connectivity index (χ0n) is 14.0. The number of hydrogen-bond donors (Lipinski definition) is 2. The molecule has 1 atom stereocenters. The Morgan fingerprint density at radius 2 is 2.04 bits per heavy atom. The van der Waals surface area contributed by atoms with Crippen molar-refractivity contribution >= 4 is 28.9 Å². The van der Waals surface area contributed by atoms with Gasteiger partial charge in [-0.15, -0.1) is 0 Å². The summed E-state index contributed by atoms with van der Waals surface area (Å²) in [6, 6.07) is 8.35. The summed E-state index contributed by atoms with van der Waals surface area (Å²) in [4.78, 5) is 23.2. The van der Waals surface area contributed by atoms with Crippen LogP contribution >= 0.6 is 11.6 Å². The molecule has 1 unspecified atom stereocenters. The Hall–Kier alpha value is -2.67. The molecule has 0 aromatic heterocycles. The van der Waals surface area contributed by atoms with E-state index in [4.69, 9.17) is 11.6 Å². The molecule has 0 bridgehead atoms. The molecule has 0 aliphatic heterocycles. The second-order valence-corrected chi connectivity index (χ2v) is 6.68. The Morgan fingerprint density at radius 1 is 1.31 bits per heavy atom. The maximum Gasteiger partial charge on any atom is 0.293 e. The molecule has 1 saturated carbocycles. The van der Waals surface area contributed by atoms with E-state index in [0.29, 0.717) is 11.3 Å². The normalized spacial score (nSPS) is 14.6. The standard InChI is InChI=1S/C18H17ClFN3O3/c1-10(11-2-6-15(20)14(19)8-11)21-18(24)12-3-7-16(22-13-4-5-13)17(9-12)23(25)26/h2-3,6-10,13,22H,4-5H2,1H3,(H,21,24). The Kier molecular flexibility index (Phi) is 5.08. The topological polar surface area (TPSA) is 84.3 Å². The molecule has 1 aliphatic rings. The molecule has 1 amide bonds. The number of benzene rings is 2. The molecule has 8 heteroatoms. The zero-order chi connectivity index (χ0) is 18.8. The molecule has 2 aromatic carbocycles. The third kappa shape index (κ3) is 4.11. The van der Waals surface area contributed by atoms with E-state index in [0.717, 1.165) is 12.8 Å². The van der Waals surface area contributed by atoms with Crippen molar-refractivity contribution in [1.29, 1.82) is 0 Å². The van der Waals surface area contributed by atoms with E-state index in [1.165, 1.54) is 30.3 Å². The third-order valence-electron chi connectivity index (χ3n) is 4.18. The van der Waals surface area contributed by atoms with Crippen LogP contribution in [0.2, 0.25) is 5.02 Å². The molecule has 0 radical (unpaired) electrons. The van der Waals surface area contributed by atoms with Crippen molar-refractivity contribution in [2.75, 3.05) is 5.32 Å². The molecule has 3 rings (SSSR count). The van der Waals surface area contributed by atoms with Gasteiger partial charge in [-0.3, -0.25) is 14.9 Å². The van der Waals surface area contributed by atoms with Crippen molar-refractivity contribution in [2.24, 2.45) is 0 Å². The quantitative estimate of drug-likeness (QED) is 0.575. The van der Waals surface area contributed by atoms with Crippen molar-refractivity contribution in [1.82, 2.24) is 5.32 Å². The lowest BCUT2D eigenvalue weighted by atomic mass is 10.1. The number of carbonyl (C=O) groups excluding carboxylic acids is 1. The fourth-order valence-corrected chi connectivity index (χ4v) is 2.73. The second-order valence-electron chi connectivity index (χ2n) is 6.28. The van der Waals surface area contributed by atoms with Gasteiger partial charge in [-0.25, -0.2) is 4.39 Å². The van der Waals surface area contributed by atoms with Crippen molar-refractivity contribution < 1.29 is 14.1 Å². The molecule has 1 fully saturated rings. The average molecular weight is 378 g/mol. The summed E-state index contributed by atoms with van der Waals surface area (Å²) < 4.78 is 13.3. The van der Waals surface area contributed by atoms with Crippen molar-refractivity contribution in [3.05, 3.63) is 68.5 Å². The lowest BCUT2D eigenvalue weighted by molar-refractivity contribution is -0.384. The molecular weight excluding hydrogens is 361 g/mol. The Bertz CT molecular complexity index is 871. The predicted octanol–water partition coefficient (Wildman–Crippen LogP) is 4.45. The highest BCUT2D eigenvalue weighted by atomic mass is 35.5. The summed E-state index contributed by atoms with van der Waals surface area (Å²) in [5.41, 5.74) is 1.08. The van der Waals surface area contributed by atoms with Crippen LogP contribution in [0.3, 0.4) is 0 Å². The molecule has 2 N–H and O–H groups in total. The minimum Gasteiger partial charge on any atom is -0.377 e. The Balaban J connectivity index is 1.77. The summed E-state index contributed by atoms with van der Waals surface area (Å²) in [6.45, 7) is 1.72. The zero-order valence-corrected chi connectivity index (χ0v) is 14.7. The number of carbonyl (C=O) groups is 1. The van der Waals surface area contributed by atoms with Gasteiger partial charge in [0.15, 0.2) is 0 Å². The molecule has 0 heterocycles. The van der Waals surface area contributed by atoms with Crippen LogP contribution < -0.4 is 10.6 Å². The first-order valence-corrected chi connectivity index (χ1v) is 8.53. The molecule has 26 heavy (non-hydrogen) atoms. The van der Waals surface area contributed by atoms with Gasteiger partial charge in [-0.1, -0.05) is 17.7 Å². The van der Waals surface area contributed by atoms with Gasteiger partial charge in [0.05, 0.1) is 16.0 Å². The number of rotatable bonds is 6. The smallest absolute Gasteiger partial charge is 0.293 e. The molecule has 1 aliphatic carbocycles. The number of hydrogen-bond acceptors (Lipinski definition) is 4. The Labute approximate surface area is 154 Å². The lowest BCUT2D eigenvalue weighted by Gasteiger charge is -2.15. The fraction of sp³-hybridized carbons (Fsp3) is 0.278. The van der Waals surface area contributed by atoms with Crippen LogP contribution in [0.4, 0.5) is 15.8 Å². The molecule has 6 nitrogen and oxygen atoms in total. The number of nitro groups is 1. The Morgan fingerprint density at radius 3 is 2.65 bits per heavy atom. The van der Waals surface area contributed by atoms with Gasteiger partial charge in [-0.2, -0.15) is 0 Å². The lowest BCUT2D eigenvalue weighted by Crippen LogP contribution is -2.26. The first kappa shape index (κ1) is 18.1. The first-order valence-electron chi connectivity index (χ1n) is 8.16. The van der Waals surface area contributed by atoms with E-state index in [1.807, 2.05) is 0 Å². The summed E-state index contributed by atoms with van der Waals surface area (Å²) in [7, 11) is 0. The summed E-state index contributed by atoms with van der Waals surface area (Å²) >= 11 is 5.76. The van der Waals surface area contributed by atoms with Crippen molar-refractivity contribution in [2.45, 2.75) is 31.8 Å². The highest BCUT2D eigenvalue weighted by molar-refractivity contribution is 6.30. The summed E-state index contributed by atoms with van der Waals surface area (Å²) in [5.74, 6) is -0.998. The molecular formula is C18H17ClFN3O3. The SMILES string of the molecule is CC(NC(=O)c1ccc(NC2CC2)c([N+](=O)[O-])c1)c1ccc(F)c(Cl)c1. The van der Waals surface area contributed by atoms with Gasteiger partial charge in [0, 0.05) is 17.7 Å². The third-order valence-corrected chi connectivity index (χ3v) is 4.47. The largest absolute Gasteiger partial charge is 0.377 e. The van der Waals surface area contributed by atoms with Crippen LogP contribution in [0.1, 0.15) is 41.7 Å². The summed E-state index contributed by atoms with van der Waals surface area (Å²) in [6.07, 6.45) is 1.97.